The van der Waals surface area contributed by atoms with Crippen molar-refractivity contribution in [1.82, 2.24) is 14.9 Å². The van der Waals surface area contributed by atoms with E-state index >= 15 is 0 Å². The first kappa shape index (κ1) is 21.2. The topological polar surface area (TPSA) is 78.5 Å². The predicted molar refractivity (Wildman–Crippen MR) is 97.1 cm³/mol. The number of likely N-dealkylation sites (N-methyl/N-ethyl adjacent to an activating group) is 1. The molecule has 0 saturated carbocycles. The van der Waals surface area contributed by atoms with Crippen molar-refractivity contribution >= 4 is 39.9 Å². The van der Waals surface area contributed by atoms with Crippen molar-refractivity contribution in [1.29, 1.82) is 0 Å². The van der Waals surface area contributed by atoms with Gasteiger partial charge in [-0.1, -0.05) is 11.6 Å². The van der Waals surface area contributed by atoms with Gasteiger partial charge in [0, 0.05) is 18.6 Å². The highest BCUT2D eigenvalue weighted by molar-refractivity contribution is 7.89. The molecule has 1 fully saturated rings. The third-order valence-corrected chi connectivity index (χ3v) is 5.99. The van der Waals surface area contributed by atoms with Gasteiger partial charge in [-0.2, -0.15) is 4.31 Å². The smallest absolute Gasteiger partial charge is 0.243 e. The van der Waals surface area contributed by atoms with Gasteiger partial charge in [-0.3, -0.25) is 4.79 Å². The van der Waals surface area contributed by atoms with E-state index < -0.39 is 10.0 Å². The SMILES string of the molecule is CN(CC(=O)NCCC1CCNC1)S(=O)(=O)c1ccc(Cl)cc1.Cl. The summed E-state index contributed by atoms with van der Waals surface area (Å²) < 4.78 is 25.8. The van der Waals surface area contributed by atoms with Crippen LogP contribution in [0.25, 0.3) is 0 Å². The number of halogens is 2. The minimum Gasteiger partial charge on any atom is -0.355 e. The molecule has 136 valence electrons. The van der Waals surface area contributed by atoms with Crippen LogP contribution in [0.1, 0.15) is 12.8 Å². The van der Waals surface area contributed by atoms with Crippen LogP contribution < -0.4 is 10.6 Å². The van der Waals surface area contributed by atoms with E-state index in [-0.39, 0.29) is 29.8 Å². The van der Waals surface area contributed by atoms with Gasteiger partial charge < -0.3 is 10.6 Å². The first-order valence-electron chi connectivity index (χ1n) is 7.59. The fourth-order valence-electron chi connectivity index (χ4n) is 2.51. The summed E-state index contributed by atoms with van der Waals surface area (Å²) in [6.07, 6.45) is 2.03. The number of sulfonamides is 1. The zero-order chi connectivity index (χ0) is 16.9. The Labute approximate surface area is 154 Å². The highest BCUT2D eigenvalue weighted by Crippen LogP contribution is 2.17. The second kappa shape index (κ2) is 9.58. The van der Waals surface area contributed by atoms with Gasteiger partial charge in [0.1, 0.15) is 0 Å². The molecule has 1 aliphatic rings. The van der Waals surface area contributed by atoms with E-state index in [1.165, 1.54) is 31.3 Å². The molecule has 1 amide bonds. The molecule has 9 heteroatoms. The molecule has 2 N–H and O–H groups in total. The summed E-state index contributed by atoms with van der Waals surface area (Å²) in [7, 11) is -2.29. The Morgan fingerprint density at radius 3 is 2.62 bits per heavy atom. The summed E-state index contributed by atoms with van der Waals surface area (Å²) in [6.45, 7) is 2.38. The van der Waals surface area contributed by atoms with Gasteiger partial charge in [0.25, 0.3) is 0 Å². The lowest BCUT2D eigenvalue weighted by molar-refractivity contribution is -0.121. The number of nitrogens with one attached hydrogen (secondary N) is 2. The number of carbonyl (C=O) groups is 1. The second-order valence-electron chi connectivity index (χ2n) is 5.71. The van der Waals surface area contributed by atoms with Gasteiger partial charge >= 0.3 is 0 Å². The maximum atomic E-state index is 12.4. The van der Waals surface area contributed by atoms with Crippen LogP contribution in [0.5, 0.6) is 0 Å². The lowest BCUT2D eigenvalue weighted by atomic mass is 10.1. The van der Waals surface area contributed by atoms with Crippen LogP contribution in [0, 0.1) is 5.92 Å². The zero-order valence-electron chi connectivity index (χ0n) is 13.5. The van der Waals surface area contributed by atoms with Gasteiger partial charge in [-0.05, 0) is 56.1 Å². The molecule has 1 unspecified atom stereocenters. The van der Waals surface area contributed by atoms with E-state index in [1.807, 2.05) is 0 Å². The standard InChI is InChI=1S/C15H22ClN3O3S.ClH/c1-19(23(21,22)14-4-2-13(16)3-5-14)11-15(20)18-9-7-12-6-8-17-10-12;/h2-5,12,17H,6-11H2,1H3,(H,18,20);1H. The van der Waals surface area contributed by atoms with Crippen LogP contribution in [0.15, 0.2) is 29.2 Å². The lowest BCUT2D eigenvalue weighted by Crippen LogP contribution is -2.39. The number of amides is 1. The highest BCUT2D eigenvalue weighted by Gasteiger charge is 2.23. The zero-order valence-corrected chi connectivity index (χ0v) is 15.9. The van der Waals surface area contributed by atoms with E-state index in [9.17, 15) is 13.2 Å². The van der Waals surface area contributed by atoms with Crippen molar-refractivity contribution in [2.24, 2.45) is 5.92 Å². The summed E-state index contributed by atoms with van der Waals surface area (Å²) in [5, 5.41) is 6.52. The number of nitrogens with zero attached hydrogens (tertiary/aromatic N) is 1. The molecular weight excluding hydrogens is 373 g/mol. The summed E-state index contributed by atoms with van der Waals surface area (Å²) >= 11 is 5.76. The van der Waals surface area contributed by atoms with Crippen LogP contribution in [-0.2, 0) is 14.8 Å². The number of rotatable bonds is 7. The Morgan fingerprint density at radius 1 is 1.38 bits per heavy atom. The number of hydrogen-bond acceptors (Lipinski definition) is 4. The number of hydrogen-bond donors (Lipinski definition) is 2. The maximum absolute atomic E-state index is 12.4. The van der Waals surface area contributed by atoms with E-state index in [4.69, 9.17) is 11.6 Å². The minimum absolute atomic E-state index is 0. The fraction of sp³-hybridized carbons (Fsp3) is 0.533. The first-order valence-corrected chi connectivity index (χ1v) is 9.40. The van der Waals surface area contributed by atoms with E-state index in [0.29, 0.717) is 17.5 Å². The maximum Gasteiger partial charge on any atom is 0.243 e. The Balaban J connectivity index is 0.00000288. The van der Waals surface area contributed by atoms with Crippen molar-refractivity contribution in [3.05, 3.63) is 29.3 Å². The summed E-state index contributed by atoms with van der Waals surface area (Å²) in [5.41, 5.74) is 0. The Morgan fingerprint density at radius 2 is 2.04 bits per heavy atom. The number of benzene rings is 1. The molecule has 1 aliphatic heterocycles. The lowest BCUT2D eigenvalue weighted by Gasteiger charge is -2.17. The van der Waals surface area contributed by atoms with Crippen LogP contribution in [0.2, 0.25) is 5.02 Å². The average molecular weight is 396 g/mol. The normalized spacial score (nSPS) is 17.5. The van der Waals surface area contributed by atoms with Gasteiger partial charge in [0.15, 0.2) is 0 Å². The van der Waals surface area contributed by atoms with Crippen LogP contribution in [-0.4, -0.2) is 51.9 Å². The molecule has 2 rings (SSSR count). The fourth-order valence-corrected chi connectivity index (χ4v) is 3.76. The van der Waals surface area contributed by atoms with Crippen LogP contribution in [0.4, 0.5) is 0 Å². The largest absolute Gasteiger partial charge is 0.355 e. The summed E-state index contributed by atoms with van der Waals surface area (Å²) in [4.78, 5) is 12.0. The molecule has 0 aliphatic carbocycles. The van der Waals surface area contributed by atoms with Gasteiger partial charge in [-0.15, -0.1) is 12.4 Å². The quantitative estimate of drug-likeness (QED) is 0.732. The van der Waals surface area contributed by atoms with E-state index in [1.54, 1.807) is 0 Å². The Kier molecular flexibility index (Phi) is 8.45. The molecule has 0 aromatic heterocycles. The summed E-state index contributed by atoms with van der Waals surface area (Å²) in [5.74, 6) is 0.293. The van der Waals surface area contributed by atoms with E-state index in [2.05, 4.69) is 10.6 Å². The van der Waals surface area contributed by atoms with Crippen molar-refractivity contribution in [3.8, 4) is 0 Å². The molecule has 1 aromatic carbocycles. The Hall–Kier alpha value is -0.860. The molecule has 0 spiro atoms. The minimum atomic E-state index is -3.69. The van der Waals surface area contributed by atoms with Crippen molar-refractivity contribution in [3.63, 3.8) is 0 Å². The molecule has 0 radical (unpaired) electrons. The van der Waals surface area contributed by atoms with Crippen molar-refractivity contribution < 1.29 is 13.2 Å². The highest BCUT2D eigenvalue weighted by atomic mass is 35.5. The molecule has 1 aromatic rings. The first-order chi connectivity index (χ1) is 10.9. The molecular formula is C15H23Cl2N3O3S. The molecule has 1 atom stereocenters. The molecule has 6 nitrogen and oxygen atoms in total. The molecule has 1 saturated heterocycles. The third-order valence-electron chi connectivity index (χ3n) is 3.93. The molecule has 1 heterocycles. The third kappa shape index (κ3) is 5.89. The van der Waals surface area contributed by atoms with Gasteiger partial charge in [0.05, 0.1) is 11.4 Å². The molecule has 0 bridgehead atoms. The monoisotopic (exact) mass is 395 g/mol. The predicted octanol–water partition coefficient (Wildman–Crippen LogP) is 1.50. The van der Waals surface area contributed by atoms with Crippen molar-refractivity contribution in [2.75, 3.05) is 33.2 Å². The Bertz CT molecular complexity index is 632. The van der Waals surface area contributed by atoms with Gasteiger partial charge in [-0.25, -0.2) is 8.42 Å². The van der Waals surface area contributed by atoms with Crippen molar-refractivity contribution in [2.45, 2.75) is 17.7 Å². The van der Waals surface area contributed by atoms with Gasteiger partial charge in [0.2, 0.25) is 15.9 Å². The second-order valence-corrected chi connectivity index (χ2v) is 8.19. The molecule has 24 heavy (non-hydrogen) atoms. The average Bonchev–Trinajstić information content (AvgIpc) is 3.01. The van der Waals surface area contributed by atoms with E-state index in [0.717, 1.165) is 30.2 Å². The number of carbonyl (C=O) groups excluding carboxylic acids is 1. The van der Waals surface area contributed by atoms with Crippen LogP contribution in [0.3, 0.4) is 0 Å². The van der Waals surface area contributed by atoms with Crippen LogP contribution >= 0.6 is 24.0 Å². The summed E-state index contributed by atoms with van der Waals surface area (Å²) in [6, 6.07) is 5.88.